The zero-order valence-corrected chi connectivity index (χ0v) is 12.1. The predicted molar refractivity (Wildman–Crippen MR) is 84.0 cm³/mol. The molecule has 0 fully saturated rings. The van der Waals surface area contributed by atoms with Gasteiger partial charge < -0.3 is 11.1 Å². The summed E-state index contributed by atoms with van der Waals surface area (Å²) in [5.41, 5.74) is 9.29. The second kappa shape index (κ2) is 6.69. The Bertz CT molecular complexity index is 726. The first-order valence-electron chi connectivity index (χ1n) is 6.63. The number of carbonyl (C=O) groups excluding carboxylic acids is 1. The molecule has 106 valence electrons. The van der Waals surface area contributed by atoms with Crippen molar-refractivity contribution in [1.82, 2.24) is 4.98 Å². The summed E-state index contributed by atoms with van der Waals surface area (Å²) in [5.74, 6) is 5.57. The summed E-state index contributed by atoms with van der Waals surface area (Å²) < 4.78 is 0. The quantitative estimate of drug-likeness (QED) is 0.829. The van der Waals surface area contributed by atoms with Crippen LogP contribution in [0.15, 0.2) is 36.5 Å². The van der Waals surface area contributed by atoms with Gasteiger partial charge in [0.2, 0.25) is 0 Å². The molecule has 0 radical (unpaired) electrons. The summed E-state index contributed by atoms with van der Waals surface area (Å²) in [7, 11) is 0. The summed E-state index contributed by atoms with van der Waals surface area (Å²) in [6, 6.07) is 9.10. The molecule has 0 unspecified atom stereocenters. The highest BCUT2D eigenvalue weighted by Crippen LogP contribution is 2.13. The summed E-state index contributed by atoms with van der Waals surface area (Å²) in [5, 5.41) is 2.86. The number of aryl methyl sites for hydroxylation is 2. The van der Waals surface area contributed by atoms with Crippen LogP contribution in [0.5, 0.6) is 0 Å². The van der Waals surface area contributed by atoms with Gasteiger partial charge in [0.05, 0.1) is 6.54 Å². The van der Waals surface area contributed by atoms with E-state index in [1.165, 1.54) is 0 Å². The Labute approximate surface area is 124 Å². The van der Waals surface area contributed by atoms with E-state index in [0.29, 0.717) is 12.1 Å². The van der Waals surface area contributed by atoms with Gasteiger partial charge in [-0.2, -0.15) is 0 Å². The van der Waals surface area contributed by atoms with E-state index < -0.39 is 0 Å². The largest absolute Gasteiger partial charge is 0.322 e. The van der Waals surface area contributed by atoms with Gasteiger partial charge in [0.25, 0.3) is 5.91 Å². The van der Waals surface area contributed by atoms with Gasteiger partial charge in [-0.05, 0) is 49.7 Å². The average Bonchev–Trinajstić information content (AvgIpc) is 2.44. The lowest BCUT2D eigenvalue weighted by Crippen LogP contribution is -2.12. The van der Waals surface area contributed by atoms with Crippen LogP contribution in [0.2, 0.25) is 0 Å². The van der Waals surface area contributed by atoms with Crippen LogP contribution in [0.4, 0.5) is 5.69 Å². The minimum atomic E-state index is -0.167. The number of rotatable bonds is 2. The second-order valence-corrected chi connectivity index (χ2v) is 4.73. The van der Waals surface area contributed by atoms with Crippen molar-refractivity contribution in [3.63, 3.8) is 0 Å². The second-order valence-electron chi connectivity index (χ2n) is 4.73. The Balaban J connectivity index is 2.24. The van der Waals surface area contributed by atoms with E-state index in [0.717, 1.165) is 22.5 Å². The molecule has 1 aromatic heterocycles. The third-order valence-electron chi connectivity index (χ3n) is 2.83. The van der Waals surface area contributed by atoms with Crippen molar-refractivity contribution in [3.8, 4) is 11.8 Å². The summed E-state index contributed by atoms with van der Waals surface area (Å²) in [6.45, 7) is 4.11. The molecule has 0 atom stereocenters. The van der Waals surface area contributed by atoms with Crippen LogP contribution in [-0.2, 0) is 0 Å². The minimum absolute atomic E-state index is 0.167. The van der Waals surface area contributed by atoms with E-state index >= 15 is 0 Å². The molecule has 0 bridgehead atoms. The molecule has 3 N–H and O–H groups in total. The highest BCUT2D eigenvalue weighted by atomic mass is 16.1. The van der Waals surface area contributed by atoms with Crippen molar-refractivity contribution in [2.24, 2.45) is 5.73 Å². The number of hydrogen-bond acceptors (Lipinski definition) is 3. The first-order chi connectivity index (χ1) is 10.1. The number of aromatic nitrogens is 1. The van der Waals surface area contributed by atoms with E-state index in [9.17, 15) is 4.79 Å². The van der Waals surface area contributed by atoms with Gasteiger partial charge in [-0.15, -0.1) is 0 Å². The number of benzene rings is 1. The van der Waals surface area contributed by atoms with E-state index in [4.69, 9.17) is 5.73 Å². The van der Waals surface area contributed by atoms with Crippen LogP contribution < -0.4 is 11.1 Å². The maximum Gasteiger partial charge on any atom is 0.255 e. The maximum absolute atomic E-state index is 12.3. The van der Waals surface area contributed by atoms with Crippen molar-refractivity contribution >= 4 is 11.6 Å². The van der Waals surface area contributed by atoms with Crippen molar-refractivity contribution in [2.45, 2.75) is 13.8 Å². The van der Waals surface area contributed by atoms with E-state index in [1.807, 2.05) is 32.0 Å². The fourth-order valence-corrected chi connectivity index (χ4v) is 1.97. The van der Waals surface area contributed by atoms with Gasteiger partial charge >= 0.3 is 0 Å². The molecular formula is C17H17N3O. The van der Waals surface area contributed by atoms with Crippen molar-refractivity contribution in [2.75, 3.05) is 11.9 Å². The fourth-order valence-electron chi connectivity index (χ4n) is 1.97. The SMILES string of the molecule is Cc1cc(C#CCN)cc(C(=O)Nc2ccnc(C)c2)c1. The standard InChI is InChI=1S/C17H17N3O/c1-12-8-14(4-3-6-18)11-15(9-12)17(21)20-16-5-7-19-13(2)10-16/h5,7-11H,6,18H2,1-2H3,(H,19,20,21). The van der Waals surface area contributed by atoms with Crippen molar-refractivity contribution < 1.29 is 4.79 Å². The summed E-state index contributed by atoms with van der Waals surface area (Å²) in [6.07, 6.45) is 1.67. The van der Waals surface area contributed by atoms with Crippen LogP contribution in [0.1, 0.15) is 27.2 Å². The Morgan fingerprint density at radius 3 is 2.81 bits per heavy atom. The fraction of sp³-hybridized carbons (Fsp3) is 0.176. The molecule has 0 spiro atoms. The van der Waals surface area contributed by atoms with Gasteiger partial charge in [-0.3, -0.25) is 9.78 Å². The van der Waals surface area contributed by atoms with Gasteiger partial charge in [0, 0.05) is 28.7 Å². The Kier molecular flexibility index (Phi) is 4.70. The lowest BCUT2D eigenvalue weighted by Gasteiger charge is -2.07. The normalized spacial score (nSPS) is 9.67. The summed E-state index contributed by atoms with van der Waals surface area (Å²) >= 11 is 0. The molecule has 21 heavy (non-hydrogen) atoms. The summed E-state index contributed by atoms with van der Waals surface area (Å²) in [4.78, 5) is 16.4. The first-order valence-corrected chi connectivity index (χ1v) is 6.63. The highest BCUT2D eigenvalue weighted by Gasteiger charge is 2.08. The molecule has 0 saturated carbocycles. The van der Waals surface area contributed by atoms with E-state index in [2.05, 4.69) is 22.1 Å². The molecule has 2 aromatic rings. The third kappa shape index (κ3) is 4.16. The number of anilines is 1. The Hall–Kier alpha value is -2.64. The van der Waals surface area contributed by atoms with Crippen molar-refractivity contribution in [3.05, 3.63) is 58.9 Å². The third-order valence-corrected chi connectivity index (χ3v) is 2.83. The lowest BCUT2D eigenvalue weighted by molar-refractivity contribution is 0.102. The zero-order valence-electron chi connectivity index (χ0n) is 12.1. The molecule has 4 nitrogen and oxygen atoms in total. The van der Waals surface area contributed by atoms with Gasteiger partial charge in [-0.1, -0.05) is 11.8 Å². The number of nitrogens with zero attached hydrogens (tertiary/aromatic N) is 1. The number of hydrogen-bond donors (Lipinski definition) is 2. The van der Waals surface area contributed by atoms with Crippen LogP contribution >= 0.6 is 0 Å². The monoisotopic (exact) mass is 279 g/mol. The van der Waals surface area contributed by atoms with E-state index in [1.54, 1.807) is 18.3 Å². The van der Waals surface area contributed by atoms with Crippen molar-refractivity contribution in [1.29, 1.82) is 0 Å². The zero-order chi connectivity index (χ0) is 15.2. The molecule has 4 heteroatoms. The highest BCUT2D eigenvalue weighted by molar-refractivity contribution is 6.04. The molecular weight excluding hydrogens is 262 g/mol. The smallest absolute Gasteiger partial charge is 0.255 e. The average molecular weight is 279 g/mol. The van der Waals surface area contributed by atoms with E-state index in [-0.39, 0.29) is 5.91 Å². The Morgan fingerprint density at radius 2 is 2.10 bits per heavy atom. The molecule has 2 rings (SSSR count). The molecule has 0 aliphatic rings. The molecule has 0 aliphatic carbocycles. The number of amides is 1. The molecule has 1 amide bonds. The number of carbonyl (C=O) groups is 1. The maximum atomic E-state index is 12.3. The number of nitrogens with one attached hydrogen (secondary N) is 1. The van der Waals surface area contributed by atoms with Crippen LogP contribution in [0, 0.1) is 25.7 Å². The molecule has 0 aliphatic heterocycles. The lowest BCUT2D eigenvalue weighted by atomic mass is 10.1. The van der Waals surface area contributed by atoms with Crippen LogP contribution in [-0.4, -0.2) is 17.4 Å². The minimum Gasteiger partial charge on any atom is -0.322 e. The number of pyridine rings is 1. The van der Waals surface area contributed by atoms with Gasteiger partial charge in [0.15, 0.2) is 0 Å². The Morgan fingerprint density at radius 1 is 1.29 bits per heavy atom. The first kappa shape index (κ1) is 14.8. The van der Waals surface area contributed by atoms with Gasteiger partial charge in [0.1, 0.15) is 0 Å². The molecule has 0 saturated heterocycles. The predicted octanol–water partition coefficient (Wildman–Crippen LogP) is 2.26. The van der Waals surface area contributed by atoms with Gasteiger partial charge in [-0.25, -0.2) is 0 Å². The molecule has 1 aromatic carbocycles. The number of nitrogens with two attached hydrogens (primary N) is 1. The van der Waals surface area contributed by atoms with Crippen LogP contribution in [0.3, 0.4) is 0 Å². The topological polar surface area (TPSA) is 68.0 Å². The molecule has 1 heterocycles. The van der Waals surface area contributed by atoms with Crippen LogP contribution in [0.25, 0.3) is 0 Å².